The monoisotopic (exact) mass is 368 g/mol. The maximum atomic E-state index is 9.81. The third-order valence-electron chi connectivity index (χ3n) is 3.95. The number of benzene rings is 2. The van der Waals surface area contributed by atoms with Crippen molar-refractivity contribution in [1.82, 2.24) is 9.97 Å². The Morgan fingerprint density at radius 1 is 0.926 bits per heavy atom. The van der Waals surface area contributed by atoms with Gasteiger partial charge in [0, 0.05) is 5.56 Å². The maximum absolute atomic E-state index is 9.81. The zero-order chi connectivity index (χ0) is 19.2. The average Bonchev–Trinajstić information content (AvgIpc) is 2.72. The Morgan fingerprint density at radius 3 is 2.22 bits per heavy atom. The number of aliphatic hydroxyl groups excluding tert-OH is 4. The molecule has 0 aliphatic carbocycles. The lowest BCUT2D eigenvalue weighted by Crippen LogP contribution is -2.40. The summed E-state index contributed by atoms with van der Waals surface area (Å²) in [6.07, 6.45) is -3.47. The summed E-state index contributed by atoms with van der Waals surface area (Å²) >= 11 is 0. The number of rotatable bonds is 7. The molecule has 3 atom stereocenters. The van der Waals surface area contributed by atoms with Crippen LogP contribution in [0.4, 0.5) is 5.82 Å². The van der Waals surface area contributed by atoms with Gasteiger partial charge in [0.15, 0.2) is 5.82 Å². The molecule has 0 aliphatic heterocycles. The van der Waals surface area contributed by atoms with Crippen molar-refractivity contribution in [2.75, 3.05) is 12.0 Å². The van der Waals surface area contributed by atoms with Gasteiger partial charge in [-0.1, -0.05) is 42.5 Å². The van der Waals surface area contributed by atoms with Crippen molar-refractivity contribution >= 4 is 23.1 Å². The molecule has 8 nitrogen and oxygen atoms in total. The van der Waals surface area contributed by atoms with E-state index in [4.69, 9.17) is 5.11 Å². The van der Waals surface area contributed by atoms with Gasteiger partial charge in [-0.25, -0.2) is 9.97 Å². The second-order valence-corrected chi connectivity index (χ2v) is 5.90. The fourth-order valence-electron chi connectivity index (χ4n) is 2.47. The van der Waals surface area contributed by atoms with Crippen LogP contribution in [0.5, 0.6) is 0 Å². The van der Waals surface area contributed by atoms with Crippen molar-refractivity contribution in [3.05, 3.63) is 54.6 Å². The summed E-state index contributed by atoms with van der Waals surface area (Å²) in [4.78, 5) is 9.16. The minimum Gasteiger partial charge on any atom is -0.394 e. The van der Waals surface area contributed by atoms with Crippen molar-refractivity contribution in [2.45, 2.75) is 18.3 Å². The van der Waals surface area contributed by atoms with Gasteiger partial charge in [0.2, 0.25) is 0 Å². The second kappa shape index (κ2) is 8.65. The van der Waals surface area contributed by atoms with Crippen molar-refractivity contribution in [3.8, 4) is 11.3 Å². The molecule has 1 heterocycles. The number of aliphatic hydroxyl groups is 4. The highest BCUT2D eigenvalue weighted by atomic mass is 16.4. The average molecular weight is 368 g/mol. The number of fused-ring (bicyclic) bond motifs is 1. The van der Waals surface area contributed by atoms with Crippen LogP contribution < -0.4 is 5.43 Å². The quantitative estimate of drug-likeness (QED) is 0.307. The van der Waals surface area contributed by atoms with Gasteiger partial charge < -0.3 is 20.4 Å². The smallest absolute Gasteiger partial charge is 0.173 e. The van der Waals surface area contributed by atoms with Gasteiger partial charge in [-0.05, 0) is 12.1 Å². The molecule has 27 heavy (non-hydrogen) atoms. The molecular weight excluding hydrogens is 348 g/mol. The van der Waals surface area contributed by atoms with Gasteiger partial charge in [0.25, 0.3) is 0 Å². The van der Waals surface area contributed by atoms with Crippen molar-refractivity contribution in [1.29, 1.82) is 0 Å². The molecule has 3 rings (SSSR count). The highest BCUT2D eigenvalue weighted by Crippen LogP contribution is 2.26. The molecule has 8 heteroatoms. The molecule has 0 spiro atoms. The van der Waals surface area contributed by atoms with E-state index >= 15 is 0 Å². The van der Waals surface area contributed by atoms with Crippen LogP contribution in [-0.4, -0.2) is 61.5 Å². The third kappa shape index (κ3) is 4.44. The first kappa shape index (κ1) is 18.9. The lowest BCUT2D eigenvalue weighted by atomic mass is 10.1. The van der Waals surface area contributed by atoms with Crippen molar-refractivity contribution in [3.63, 3.8) is 0 Å². The van der Waals surface area contributed by atoms with Gasteiger partial charge in [0.05, 0.1) is 23.9 Å². The van der Waals surface area contributed by atoms with Crippen LogP contribution in [0.1, 0.15) is 0 Å². The summed E-state index contributed by atoms with van der Waals surface area (Å²) in [5.74, 6) is 0.376. The number of hydrogen-bond donors (Lipinski definition) is 5. The summed E-state index contributed by atoms with van der Waals surface area (Å²) in [6, 6.07) is 16.9. The van der Waals surface area contributed by atoms with Crippen LogP contribution in [0.25, 0.3) is 22.3 Å². The highest BCUT2D eigenvalue weighted by Gasteiger charge is 2.22. The minimum atomic E-state index is -1.56. The van der Waals surface area contributed by atoms with Crippen LogP contribution in [0, 0.1) is 0 Å². The Bertz CT molecular complexity index is 920. The van der Waals surface area contributed by atoms with Gasteiger partial charge in [-0.3, -0.25) is 5.43 Å². The van der Waals surface area contributed by atoms with E-state index in [1.165, 1.54) is 0 Å². The molecule has 1 aromatic heterocycles. The van der Waals surface area contributed by atoms with Crippen molar-refractivity contribution < 1.29 is 20.4 Å². The Kier molecular flexibility index (Phi) is 6.05. The number of para-hydroxylation sites is 2. The first-order valence-electron chi connectivity index (χ1n) is 8.36. The molecular formula is C19H20N4O4. The van der Waals surface area contributed by atoms with Crippen LogP contribution in [0.3, 0.4) is 0 Å². The van der Waals surface area contributed by atoms with Crippen LogP contribution in [-0.2, 0) is 0 Å². The highest BCUT2D eigenvalue weighted by molar-refractivity contribution is 5.83. The zero-order valence-electron chi connectivity index (χ0n) is 14.3. The lowest BCUT2D eigenvalue weighted by molar-refractivity contribution is -0.0541. The summed E-state index contributed by atoms with van der Waals surface area (Å²) in [5.41, 5.74) is 5.55. The minimum absolute atomic E-state index is 0.376. The Morgan fingerprint density at radius 2 is 1.56 bits per heavy atom. The van der Waals surface area contributed by atoms with E-state index in [1.54, 1.807) is 0 Å². The number of hydrogen-bond acceptors (Lipinski definition) is 8. The predicted octanol–water partition coefficient (Wildman–Crippen LogP) is 0.770. The Hall–Kier alpha value is -2.91. The molecule has 0 saturated carbocycles. The van der Waals surface area contributed by atoms with E-state index in [0.717, 1.165) is 17.3 Å². The lowest BCUT2D eigenvalue weighted by Gasteiger charge is -2.18. The molecule has 140 valence electrons. The van der Waals surface area contributed by atoms with Crippen LogP contribution in [0.2, 0.25) is 0 Å². The molecule has 0 aliphatic rings. The SMILES string of the molecule is OC[C@@H](O)[C@@H](O)[C@H](O)/C=N/Nc1nc2ccccc2nc1-c1ccccc1. The molecule has 0 fully saturated rings. The van der Waals surface area contributed by atoms with E-state index in [-0.39, 0.29) is 0 Å². The standard InChI is InChI=1S/C19H20N4O4/c24-11-16(26)18(27)15(25)10-20-23-19-17(12-6-2-1-3-7-12)21-13-8-4-5-9-14(13)22-19/h1-10,15-16,18,24-27H,11H2,(H,22,23)/b20-10+/t15-,16-,18+/m1/s1. The predicted molar refractivity (Wildman–Crippen MR) is 102 cm³/mol. The Balaban J connectivity index is 1.90. The summed E-state index contributed by atoms with van der Waals surface area (Å²) in [6.45, 7) is -0.673. The molecule has 2 aromatic carbocycles. The van der Waals surface area contributed by atoms with E-state index in [1.807, 2.05) is 54.6 Å². The van der Waals surface area contributed by atoms with Gasteiger partial charge in [-0.15, -0.1) is 0 Å². The third-order valence-corrected chi connectivity index (χ3v) is 3.95. The van der Waals surface area contributed by atoms with Crippen LogP contribution in [0.15, 0.2) is 59.7 Å². The van der Waals surface area contributed by atoms with Crippen molar-refractivity contribution in [2.24, 2.45) is 5.10 Å². The number of aromatic nitrogens is 2. The fourth-order valence-corrected chi connectivity index (χ4v) is 2.47. The number of nitrogens with one attached hydrogen (secondary N) is 1. The van der Waals surface area contributed by atoms with E-state index in [0.29, 0.717) is 17.0 Å². The number of nitrogens with zero attached hydrogens (tertiary/aromatic N) is 3. The molecule has 0 bridgehead atoms. The molecule has 0 radical (unpaired) electrons. The van der Waals surface area contributed by atoms with E-state index in [9.17, 15) is 15.3 Å². The molecule has 0 saturated heterocycles. The Labute approximate surface area is 155 Å². The summed E-state index contributed by atoms with van der Waals surface area (Å²) < 4.78 is 0. The maximum Gasteiger partial charge on any atom is 0.173 e. The molecule has 3 aromatic rings. The van der Waals surface area contributed by atoms with E-state index < -0.39 is 24.9 Å². The molecule has 5 N–H and O–H groups in total. The molecule has 0 amide bonds. The van der Waals surface area contributed by atoms with Gasteiger partial charge >= 0.3 is 0 Å². The van der Waals surface area contributed by atoms with Crippen LogP contribution >= 0.6 is 0 Å². The fraction of sp³-hybridized carbons (Fsp3) is 0.211. The topological polar surface area (TPSA) is 131 Å². The molecule has 0 unspecified atom stereocenters. The second-order valence-electron chi connectivity index (χ2n) is 5.90. The first-order chi connectivity index (χ1) is 13.1. The number of hydrazone groups is 1. The summed E-state index contributed by atoms with van der Waals surface area (Å²) in [5, 5.41) is 41.5. The largest absolute Gasteiger partial charge is 0.394 e. The zero-order valence-corrected chi connectivity index (χ0v) is 14.3. The van der Waals surface area contributed by atoms with Gasteiger partial charge in [0.1, 0.15) is 24.0 Å². The summed E-state index contributed by atoms with van der Waals surface area (Å²) in [7, 11) is 0. The van der Waals surface area contributed by atoms with Gasteiger partial charge in [-0.2, -0.15) is 5.10 Å². The van der Waals surface area contributed by atoms with E-state index in [2.05, 4.69) is 20.5 Å². The number of anilines is 1. The first-order valence-corrected chi connectivity index (χ1v) is 8.36. The normalized spacial score (nSPS) is 15.0.